The van der Waals surface area contributed by atoms with Crippen molar-refractivity contribution in [3.05, 3.63) is 41.7 Å². The number of halogens is 2. The summed E-state index contributed by atoms with van der Waals surface area (Å²) in [5.74, 6) is 0. The average molecular weight is 186 g/mol. The van der Waals surface area contributed by atoms with E-state index in [0.29, 0.717) is 17.9 Å². The van der Waals surface area contributed by atoms with E-state index in [0.717, 1.165) is 5.69 Å². The molecule has 0 aliphatic rings. The van der Waals surface area contributed by atoms with E-state index in [9.17, 15) is 4.39 Å². The number of benzene rings is 1. The molecule has 3 heteroatoms. The van der Waals surface area contributed by atoms with E-state index in [1.54, 1.807) is 6.07 Å². The molecule has 0 saturated heterocycles. The predicted octanol–water partition coefficient (Wildman–Crippen LogP) is 3.24. The van der Waals surface area contributed by atoms with Crippen molar-refractivity contribution in [1.82, 2.24) is 0 Å². The van der Waals surface area contributed by atoms with Crippen LogP contribution in [0.4, 0.5) is 10.1 Å². The Balaban J connectivity index is 2.57. The molecule has 64 valence electrons. The third kappa shape index (κ3) is 2.55. The van der Waals surface area contributed by atoms with Gasteiger partial charge in [0.2, 0.25) is 0 Å². The van der Waals surface area contributed by atoms with Crippen molar-refractivity contribution in [3.8, 4) is 0 Å². The highest BCUT2D eigenvalue weighted by atomic mass is 35.5. The van der Waals surface area contributed by atoms with Crippen LogP contribution in [-0.4, -0.2) is 6.54 Å². The van der Waals surface area contributed by atoms with Crippen LogP contribution in [-0.2, 0) is 0 Å². The highest BCUT2D eigenvalue weighted by Gasteiger charge is 1.94. The number of nitrogens with one attached hydrogen (secondary N) is 1. The first-order chi connectivity index (χ1) is 5.84. The summed E-state index contributed by atoms with van der Waals surface area (Å²) in [5, 5.41) is 3.60. The number of rotatable bonds is 3. The molecule has 0 aromatic heterocycles. The van der Waals surface area contributed by atoms with Crippen molar-refractivity contribution in [3.63, 3.8) is 0 Å². The Morgan fingerprint density at radius 3 is 2.83 bits per heavy atom. The van der Waals surface area contributed by atoms with E-state index in [4.69, 9.17) is 11.6 Å². The minimum Gasteiger partial charge on any atom is -0.380 e. The van der Waals surface area contributed by atoms with E-state index in [1.165, 1.54) is 6.08 Å². The Morgan fingerprint density at radius 2 is 2.17 bits per heavy atom. The minimum absolute atomic E-state index is 0.445. The molecule has 1 aromatic carbocycles. The van der Waals surface area contributed by atoms with E-state index in [-0.39, 0.29) is 0 Å². The van der Waals surface area contributed by atoms with Crippen molar-refractivity contribution in [2.24, 2.45) is 0 Å². The van der Waals surface area contributed by atoms with Crippen LogP contribution in [0.25, 0.3) is 0 Å². The number of hydrogen-bond donors (Lipinski definition) is 1. The summed E-state index contributed by atoms with van der Waals surface area (Å²) in [5.41, 5.74) is 0.817. The van der Waals surface area contributed by atoms with Gasteiger partial charge in [0, 0.05) is 6.54 Å². The van der Waals surface area contributed by atoms with Gasteiger partial charge >= 0.3 is 0 Å². The van der Waals surface area contributed by atoms with Crippen molar-refractivity contribution in [1.29, 1.82) is 0 Å². The van der Waals surface area contributed by atoms with E-state index >= 15 is 0 Å². The zero-order chi connectivity index (χ0) is 8.81. The second-order valence-corrected chi connectivity index (χ2v) is 2.63. The van der Waals surface area contributed by atoms with Crippen LogP contribution in [0.2, 0.25) is 5.02 Å². The Bertz CT molecular complexity index is 273. The van der Waals surface area contributed by atoms with Gasteiger partial charge in [0.1, 0.15) is 0 Å². The minimum atomic E-state index is 0.445. The number of hydrogen-bond acceptors (Lipinski definition) is 1. The summed E-state index contributed by atoms with van der Waals surface area (Å²) < 4.78 is 11.5. The summed E-state index contributed by atoms with van der Waals surface area (Å²) >= 11 is 5.82. The number of anilines is 1. The molecule has 0 atom stereocenters. The van der Waals surface area contributed by atoms with Crippen LogP contribution in [0.15, 0.2) is 36.7 Å². The lowest BCUT2D eigenvalue weighted by molar-refractivity contribution is 0.718. The molecule has 0 aliphatic carbocycles. The monoisotopic (exact) mass is 185 g/mol. The molecule has 1 aromatic rings. The van der Waals surface area contributed by atoms with Crippen LogP contribution in [0.5, 0.6) is 0 Å². The standard InChI is InChI=1S/C9H9ClFN/c10-8-4-1-2-5-9(8)12-7-3-6-11/h1-6,12H,7H2. The fraction of sp³-hybridized carbons (Fsp3) is 0.111. The van der Waals surface area contributed by atoms with Gasteiger partial charge in [-0.1, -0.05) is 23.7 Å². The molecule has 0 radical (unpaired) electrons. The number of para-hydroxylation sites is 1. The maximum atomic E-state index is 11.5. The third-order valence-electron chi connectivity index (χ3n) is 1.37. The van der Waals surface area contributed by atoms with Gasteiger partial charge in [-0.2, -0.15) is 0 Å². The first kappa shape index (κ1) is 9.07. The topological polar surface area (TPSA) is 12.0 Å². The first-order valence-corrected chi connectivity index (χ1v) is 3.96. The van der Waals surface area contributed by atoms with Crippen molar-refractivity contribution in [2.75, 3.05) is 11.9 Å². The highest BCUT2D eigenvalue weighted by molar-refractivity contribution is 6.33. The van der Waals surface area contributed by atoms with E-state index < -0.39 is 0 Å². The molecule has 1 nitrogen and oxygen atoms in total. The fourth-order valence-corrected chi connectivity index (χ4v) is 1.02. The van der Waals surface area contributed by atoms with Crippen molar-refractivity contribution in [2.45, 2.75) is 0 Å². The lowest BCUT2D eigenvalue weighted by atomic mass is 10.3. The Kier molecular flexibility index (Phi) is 3.61. The van der Waals surface area contributed by atoms with Gasteiger partial charge in [-0.15, -0.1) is 0 Å². The van der Waals surface area contributed by atoms with Gasteiger partial charge in [0.15, 0.2) is 0 Å². The molecule has 0 fully saturated rings. The zero-order valence-corrected chi connectivity index (χ0v) is 7.18. The molecular weight excluding hydrogens is 177 g/mol. The summed E-state index contributed by atoms with van der Waals surface area (Å²) in [6, 6.07) is 7.34. The molecule has 0 aliphatic heterocycles. The molecule has 0 amide bonds. The molecule has 0 saturated carbocycles. The fourth-order valence-electron chi connectivity index (χ4n) is 0.818. The quantitative estimate of drug-likeness (QED) is 0.763. The van der Waals surface area contributed by atoms with Crippen LogP contribution >= 0.6 is 11.6 Å². The molecule has 0 heterocycles. The molecule has 0 bridgehead atoms. The first-order valence-electron chi connectivity index (χ1n) is 3.58. The van der Waals surface area contributed by atoms with Crippen molar-refractivity contribution >= 4 is 17.3 Å². The normalized spacial score (nSPS) is 10.5. The maximum Gasteiger partial charge on any atom is 0.0844 e. The van der Waals surface area contributed by atoms with Crippen LogP contribution in [0.3, 0.4) is 0 Å². The molecule has 0 unspecified atom stereocenters. The van der Waals surface area contributed by atoms with Gasteiger partial charge in [0.05, 0.1) is 17.0 Å². The average Bonchev–Trinajstić information content (AvgIpc) is 2.09. The van der Waals surface area contributed by atoms with E-state index in [1.807, 2.05) is 18.2 Å². The second kappa shape index (κ2) is 4.78. The summed E-state index contributed by atoms with van der Waals surface area (Å²) in [6.45, 7) is 0.445. The van der Waals surface area contributed by atoms with Gasteiger partial charge in [0.25, 0.3) is 0 Å². The van der Waals surface area contributed by atoms with Gasteiger partial charge < -0.3 is 5.32 Å². The smallest absolute Gasteiger partial charge is 0.0844 e. The summed E-state index contributed by atoms with van der Waals surface area (Å²) in [7, 11) is 0. The lowest BCUT2D eigenvalue weighted by Crippen LogP contribution is -1.97. The van der Waals surface area contributed by atoms with Crippen LogP contribution in [0.1, 0.15) is 0 Å². The van der Waals surface area contributed by atoms with Gasteiger partial charge in [-0.3, -0.25) is 0 Å². The summed E-state index contributed by atoms with van der Waals surface area (Å²) in [6.07, 6.45) is 1.88. The summed E-state index contributed by atoms with van der Waals surface area (Å²) in [4.78, 5) is 0. The van der Waals surface area contributed by atoms with E-state index in [2.05, 4.69) is 5.32 Å². The second-order valence-electron chi connectivity index (χ2n) is 2.22. The predicted molar refractivity (Wildman–Crippen MR) is 50.2 cm³/mol. The SMILES string of the molecule is FC=CCNc1ccccc1Cl. The highest BCUT2D eigenvalue weighted by Crippen LogP contribution is 2.19. The Morgan fingerprint density at radius 1 is 1.42 bits per heavy atom. The molecule has 1 N–H and O–H groups in total. The molecule has 12 heavy (non-hydrogen) atoms. The van der Waals surface area contributed by atoms with Crippen LogP contribution in [0, 0.1) is 0 Å². The molecule has 1 rings (SSSR count). The Hall–Kier alpha value is -1.02. The van der Waals surface area contributed by atoms with Crippen molar-refractivity contribution < 1.29 is 4.39 Å². The van der Waals surface area contributed by atoms with Gasteiger partial charge in [-0.05, 0) is 18.2 Å². The van der Waals surface area contributed by atoms with Crippen LogP contribution < -0.4 is 5.32 Å². The zero-order valence-electron chi connectivity index (χ0n) is 6.43. The largest absolute Gasteiger partial charge is 0.380 e. The third-order valence-corrected chi connectivity index (χ3v) is 1.70. The van der Waals surface area contributed by atoms with Gasteiger partial charge in [-0.25, -0.2) is 4.39 Å². The molecule has 0 spiro atoms. The lowest BCUT2D eigenvalue weighted by Gasteiger charge is -2.03. The Labute approximate surface area is 75.9 Å². The molecular formula is C9H9ClFN. The maximum absolute atomic E-state index is 11.5.